The number of amides is 1. The zero-order valence-corrected chi connectivity index (χ0v) is 15.9. The molecule has 0 aliphatic rings. The third kappa shape index (κ3) is 3.82. The molecule has 8 heteroatoms. The Morgan fingerprint density at radius 3 is 2.69 bits per heavy atom. The maximum atomic E-state index is 12.6. The van der Waals surface area contributed by atoms with Crippen molar-refractivity contribution in [2.24, 2.45) is 0 Å². The predicted molar refractivity (Wildman–Crippen MR) is 103 cm³/mol. The summed E-state index contributed by atoms with van der Waals surface area (Å²) in [7, 11) is 1.66. The first kappa shape index (κ1) is 18.6. The lowest BCUT2D eigenvalue weighted by Crippen LogP contribution is -2.13. The Labute approximate surface area is 161 Å². The summed E-state index contributed by atoms with van der Waals surface area (Å²) >= 11 is 12.4. The molecule has 1 amide bonds. The fourth-order valence-electron chi connectivity index (χ4n) is 2.68. The van der Waals surface area contributed by atoms with E-state index in [1.54, 1.807) is 36.1 Å². The fourth-order valence-corrected chi connectivity index (χ4v) is 3.16. The largest absolute Gasteiger partial charge is 0.385 e. The van der Waals surface area contributed by atoms with Crippen molar-refractivity contribution < 1.29 is 9.53 Å². The van der Waals surface area contributed by atoms with E-state index < -0.39 is 0 Å². The van der Waals surface area contributed by atoms with Gasteiger partial charge in [-0.1, -0.05) is 23.2 Å². The Hall–Kier alpha value is -2.15. The number of pyridine rings is 1. The second-order valence-corrected chi connectivity index (χ2v) is 6.61. The molecular formula is C18H18Cl2N4O2. The van der Waals surface area contributed by atoms with Crippen LogP contribution in [0.15, 0.2) is 30.5 Å². The molecule has 0 atom stereocenters. The summed E-state index contributed by atoms with van der Waals surface area (Å²) in [5.41, 5.74) is 2.32. The Morgan fingerprint density at radius 1 is 1.27 bits per heavy atom. The zero-order valence-electron chi connectivity index (χ0n) is 14.4. The number of halogens is 2. The number of carbonyl (C=O) groups excluding carboxylic acids is 1. The van der Waals surface area contributed by atoms with Crippen LogP contribution < -0.4 is 5.32 Å². The summed E-state index contributed by atoms with van der Waals surface area (Å²) in [5.74, 6) is -0.335. The van der Waals surface area contributed by atoms with Gasteiger partial charge in [0.15, 0.2) is 5.65 Å². The minimum atomic E-state index is -0.335. The van der Waals surface area contributed by atoms with E-state index in [0.717, 1.165) is 12.1 Å². The van der Waals surface area contributed by atoms with Crippen molar-refractivity contribution in [1.29, 1.82) is 0 Å². The second-order valence-electron chi connectivity index (χ2n) is 5.80. The van der Waals surface area contributed by atoms with Crippen LogP contribution in [0.3, 0.4) is 0 Å². The highest BCUT2D eigenvalue weighted by Gasteiger charge is 2.19. The molecule has 0 saturated carbocycles. The number of benzene rings is 1. The van der Waals surface area contributed by atoms with Crippen LogP contribution in [0, 0.1) is 6.92 Å². The summed E-state index contributed by atoms with van der Waals surface area (Å²) < 4.78 is 6.86. The van der Waals surface area contributed by atoms with Gasteiger partial charge in [-0.05, 0) is 37.6 Å². The molecule has 26 heavy (non-hydrogen) atoms. The van der Waals surface area contributed by atoms with Gasteiger partial charge >= 0.3 is 0 Å². The third-order valence-electron chi connectivity index (χ3n) is 3.94. The van der Waals surface area contributed by atoms with Gasteiger partial charge in [-0.15, -0.1) is 0 Å². The summed E-state index contributed by atoms with van der Waals surface area (Å²) in [4.78, 5) is 17.0. The standard InChI is InChI=1S/C18H18Cl2N4O2/c1-11-15-16(20)14(18(25)22-13-6-4-12(19)5-7-13)10-21-17(15)24(23-11)8-3-9-26-2/h4-7,10H,3,8-9H2,1-2H3,(H,22,25). The number of aryl methyl sites for hydroxylation is 2. The number of fused-ring (bicyclic) bond motifs is 1. The third-order valence-corrected chi connectivity index (χ3v) is 4.58. The molecule has 3 rings (SSSR count). The van der Waals surface area contributed by atoms with Gasteiger partial charge in [0.05, 0.1) is 21.7 Å². The first-order chi connectivity index (χ1) is 12.5. The Bertz CT molecular complexity index is 939. The molecule has 0 radical (unpaired) electrons. The molecule has 1 N–H and O–H groups in total. The van der Waals surface area contributed by atoms with Gasteiger partial charge in [0.25, 0.3) is 5.91 Å². The zero-order chi connectivity index (χ0) is 18.7. The summed E-state index contributed by atoms with van der Waals surface area (Å²) in [6.07, 6.45) is 2.29. The van der Waals surface area contributed by atoms with Crippen molar-refractivity contribution >= 4 is 45.8 Å². The highest BCUT2D eigenvalue weighted by Crippen LogP contribution is 2.29. The van der Waals surface area contributed by atoms with Gasteiger partial charge in [0.2, 0.25) is 0 Å². The minimum absolute atomic E-state index is 0.300. The first-order valence-electron chi connectivity index (χ1n) is 8.08. The lowest BCUT2D eigenvalue weighted by Gasteiger charge is -2.08. The lowest BCUT2D eigenvalue weighted by molar-refractivity contribution is 0.102. The van der Waals surface area contributed by atoms with Crippen LogP contribution in [-0.4, -0.2) is 34.4 Å². The lowest BCUT2D eigenvalue weighted by atomic mass is 10.2. The smallest absolute Gasteiger partial charge is 0.258 e. The fraction of sp³-hybridized carbons (Fsp3) is 0.278. The van der Waals surface area contributed by atoms with Crippen LogP contribution in [0.2, 0.25) is 10.0 Å². The monoisotopic (exact) mass is 392 g/mol. The second kappa shape index (κ2) is 8.03. The number of anilines is 1. The molecular weight excluding hydrogens is 375 g/mol. The van der Waals surface area contributed by atoms with Gasteiger partial charge in [-0.2, -0.15) is 5.10 Å². The Kier molecular flexibility index (Phi) is 5.76. The quantitative estimate of drug-likeness (QED) is 0.633. The Morgan fingerprint density at radius 2 is 2.00 bits per heavy atom. The van der Waals surface area contributed by atoms with E-state index in [2.05, 4.69) is 15.4 Å². The van der Waals surface area contributed by atoms with E-state index >= 15 is 0 Å². The maximum absolute atomic E-state index is 12.6. The van der Waals surface area contributed by atoms with E-state index in [1.807, 2.05) is 6.92 Å². The van der Waals surface area contributed by atoms with Crippen LogP contribution in [0.4, 0.5) is 5.69 Å². The average molecular weight is 393 g/mol. The molecule has 0 unspecified atom stereocenters. The molecule has 2 heterocycles. The SMILES string of the molecule is COCCCn1nc(C)c2c(Cl)c(C(=O)Nc3ccc(Cl)cc3)cnc21. The van der Waals surface area contributed by atoms with Crippen LogP contribution in [0.1, 0.15) is 22.5 Å². The van der Waals surface area contributed by atoms with E-state index in [1.165, 1.54) is 6.20 Å². The topological polar surface area (TPSA) is 69.0 Å². The number of aromatic nitrogens is 3. The average Bonchev–Trinajstić information content (AvgIpc) is 2.94. The molecule has 1 aromatic carbocycles. The van der Waals surface area contributed by atoms with Gasteiger partial charge in [-0.3, -0.25) is 4.79 Å². The maximum Gasteiger partial charge on any atom is 0.258 e. The number of ether oxygens (including phenoxy) is 1. The molecule has 0 spiro atoms. The van der Waals surface area contributed by atoms with E-state index in [9.17, 15) is 4.79 Å². The minimum Gasteiger partial charge on any atom is -0.385 e. The molecule has 0 saturated heterocycles. The number of rotatable bonds is 6. The van der Waals surface area contributed by atoms with E-state index in [0.29, 0.717) is 45.5 Å². The van der Waals surface area contributed by atoms with Crippen LogP contribution in [0.25, 0.3) is 11.0 Å². The number of carbonyl (C=O) groups is 1. The summed E-state index contributed by atoms with van der Waals surface area (Å²) in [6, 6.07) is 6.85. The number of hydrogen-bond donors (Lipinski definition) is 1. The van der Waals surface area contributed by atoms with Crippen LogP contribution >= 0.6 is 23.2 Å². The highest BCUT2D eigenvalue weighted by atomic mass is 35.5. The number of nitrogens with zero attached hydrogens (tertiary/aromatic N) is 3. The molecule has 0 aliphatic carbocycles. The summed E-state index contributed by atoms with van der Waals surface area (Å²) in [5, 5.41) is 8.91. The number of nitrogens with one attached hydrogen (secondary N) is 1. The van der Waals surface area contributed by atoms with Crippen LogP contribution in [0.5, 0.6) is 0 Å². The predicted octanol–water partition coefficient (Wildman–Crippen LogP) is 4.34. The normalized spacial score (nSPS) is 11.1. The van der Waals surface area contributed by atoms with Gasteiger partial charge in [-0.25, -0.2) is 9.67 Å². The summed E-state index contributed by atoms with van der Waals surface area (Å²) in [6.45, 7) is 3.15. The molecule has 0 aliphatic heterocycles. The van der Waals surface area contributed by atoms with Crippen molar-refractivity contribution in [3.05, 3.63) is 51.8 Å². The molecule has 6 nitrogen and oxygen atoms in total. The van der Waals surface area contributed by atoms with E-state index in [-0.39, 0.29) is 5.91 Å². The van der Waals surface area contributed by atoms with Crippen molar-refractivity contribution in [3.63, 3.8) is 0 Å². The number of hydrogen-bond acceptors (Lipinski definition) is 4. The van der Waals surface area contributed by atoms with Crippen molar-refractivity contribution in [1.82, 2.24) is 14.8 Å². The molecule has 3 aromatic rings. The van der Waals surface area contributed by atoms with Crippen molar-refractivity contribution in [3.8, 4) is 0 Å². The van der Waals surface area contributed by atoms with Gasteiger partial charge in [0.1, 0.15) is 0 Å². The highest BCUT2D eigenvalue weighted by molar-refractivity contribution is 6.39. The number of methoxy groups -OCH3 is 1. The first-order valence-corrected chi connectivity index (χ1v) is 8.84. The molecule has 0 fully saturated rings. The van der Waals surface area contributed by atoms with Gasteiger partial charge in [0, 0.05) is 37.2 Å². The van der Waals surface area contributed by atoms with E-state index in [4.69, 9.17) is 27.9 Å². The van der Waals surface area contributed by atoms with Gasteiger partial charge < -0.3 is 10.1 Å². The molecule has 0 bridgehead atoms. The van der Waals surface area contributed by atoms with Crippen molar-refractivity contribution in [2.75, 3.05) is 19.0 Å². The Balaban J connectivity index is 1.90. The van der Waals surface area contributed by atoms with Crippen LogP contribution in [-0.2, 0) is 11.3 Å². The molecule has 136 valence electrons. The van der Waals surface area contributed by atoms with Crippen molar-refractivity contribution in [2.45, 2.75) is 19.9 Å². The molecule has 2 aromatic heterocycles.